The maximum Gasteiger partial charge on any atom is 0.407 e. The molecule has 28 heavy (non-hydrogen) atoms. The summed E-state index contributed by atoms with van der Waals surface area (Å²) in [4.78, 5) is 22.4. The first-order valence-electron chi connectivity index (χ1n) is 9.11. The number of anilines is 1. The number of nitrogens with zero attached hydrogens (tertiary/aromatic N) is 1. The van der Waals surface area contributed by atoms with Crippen molar-refractivity contribution in [2.75, 3.05) is 11.9 Å². The van der Waals surface area contributed by atoms with Crippen LogP contribution in [0.4, 0.5) is 16.2 Å². The highest BCUT2D eigenvalue weighted by Crippen LogP contribution is 2.33. The molecule has 1 amide bonds. The number of halogens is 1. The Labute approximate surface area is 172 Å². The largest absolute Gasteiger partial charge is 0.445 e. The van der Waals surface area contributed by atoms with Crippen LogP contribution in [0.3, 0.4) is 0 Å². The van der Waals surface area contributed by atoms with E-state index in [1.54, 1.807) is 12.1 Å². The number of unbranched alkanes of at least 4 members (excludes halogenated alkanes) is 1. The maximum absolute atomic E-state index is 11.7. The molecule has 0 aliphatic carbocycles. The molecular weight excluding hydrogens is 426 g/mol. The summed E-state index contributed by atoms with van der Waals surface area (Å²) in [7, 11) is 0. The highest BCUT2D eigenvalue weighted by atomic mass is 79.9. The van der Waals surface area contributed by atoms with Crippen LogP contribution in [0.1, 0.15) is 31.7 Å². The van der Waals surface area contributed by atoms with E-state index < -0.39 is 11.0 Å². The lowest BCUT2D eigenvalue weighted by atomic mass is 10.1. The van der Waals surface area contributed by atoms with E-state index in [2.05, 4.69) is 26.6 Å². The Bertz CT molecular complexity index is 786. The number of alkyl carbamates (subject to hydrolysis) is 1. The molecule has 8 heteroatoms. The minimum absolute atomic E-state index is 0.0454. The number of nitrogens with one attached hydrogen (secondary N) is 2. The van der Waals surface area contributed by atoms with Crippen molar-refractivity contribution in [2.24, 2.45) is 0 Å². The lowest BCUT2D eigenvalue weighted by molar-refractivity contribution is -0.384. The summed E-state index contributed by atoms with van der Waals surface area (Å²) in [5.41, 5.74) is 1.48. The fraction of sp³-hybridized carbons (Fsp3) is 0.350. The van der Waals surface area contributed by atoms with Crippen LogP contribution in [0.25, 0.3) is 0 Å². The average Bonchev–Trinajstić information content (AvgIpc) is 2.68. The maximum atomic E-state index is 11.7. The van der Waals surface area contributed by atoms with Gasteiger partial charge in [-0.05, 0) is 53.7 Å². The number of carbonyl (C=O) groups is 1. The quantitative estimate of drug-likeness (QED) is 0.293. The number of amides is 1. The molecule has 0 radical (unpaired) electrons. The molecule has 2 rings (SSSR count). The predicted molar refractivity (Wildman–Crippen MR) is 112 cm³/mol. The van der Waals surface area contributed by atoms with E-state index >= 15 is 0 Å². The lowest BCUT2D eigenvalue weighted by Gasteiger charge is -2.16. The van der Waals surface area contributed by atoms with E-state index in [-0.39, 0.29) is 18.3 Å². The van der Waals surface area contributed by atoms with E-state index in [0.29, 0.717) is 16.7 Å². The fourth-order valence-electron chi connectivity index (χ4n) is 2.67. The Balaban J connectivity index is 1.64. The SMILES string of the molecule is C[C@@H](CCCCNC(=O)OCc1ccccc1)Nc1c(Br)cccc1[N+](=O)[O-]. The molecule has 0 saturated carbocycles. The second kappa shape index (κ2) is 11.3. The number of rotatable bonds is 10. The summed E-state index contributed by atoms with van der Waals surface area (Å²) < 4.78 is 5.82. The first kappa shape index (κ1) is 21.7. The summed E-state index contributed by atoms with van der Waals surface area (Å²) in [5, 5.41) is 17.1. The smallest absolute Gasteiger partial charge is 0.407 e. The van der Waals surface area contributed by atoms with Crippen molar-refractivity contribution in [1.29, 1.82) is 0 Å². The second-order valence-electron chi connectivity index (χ2n) is 6.42. The van der Waals surface area contributed by atoms with E-state index in [1.807, 2.05) is 37.3 Å². The van der Waals surface area contributed by atoms with Crippen LogP contribution in [0.5, 0.6) is 0 Å². The molecule has 0 spiro atoms. The standard InChI is InChI=1S/C20H24BrN3O4/c1-15(23-19-17(21)11-7-12-18(19)24(26)27)8-5-6-13-22-20(25)28-14-16-9-3-2-4-10-16/h2-4,7,9-12,15,23H,5-6,8,13-14H2,1H3,(H,22,25)/t15-/m0/s1. The molecule has 0 fully saturated rings. The van der Waals surface area contributed by atoms with Crippen LogP contribution in [0.2, 0.25) is 0 Å². The van der Waals surface area contributed by atoms with Crippen LogP contribution in [-0.4, -0.2) is 23.6 Å². The molecule has 0 heterocycles. The van der Waals surface area contributed by atoms with Crippen LogP contribution in [0, 0.1) is 10.1 Å². The van der Waals surface area contributed by atoms with Gasteiger partial charge in [-0.1, -0.05) is 36.4 Å². The number of hydrogen-bond donors (Lipinski definition) is 2. The highest BCUT2D eigenvalue weighted by molar-refractivity contribution is 9.10. The number of nitro groups is 1. The Kier molecular flexibility index (Phi) is 8.74. The minimum Gasteiger partial charge on any atom is -0.445 e. The van der Waals surface area contributed by atoms with Gasteiger partial charge in [0.05, 0.1) is 4.92 Å². The third-order valence-electron chi connectivity index (χ3n) is 4.13. The van der Waals surface area contributed by atoms with Crippen molar-refractivity contribution < 1.29 is 14.5 Å². The third kappa shape index (κ3) is 7.19. The van der Waals surface area contributed by atoms with Gasteiger partial charge in [0.25, 0.3) is 5.69 Å². The number of ether oxygens (including phenoxy) is 1. The second-order valence-corrected chi connectivity index (χ2v) is 7.28. The van der Waals surface area contributed by atoms with Gasteiger partial charge in [-0.25, -0.2) is 4.79 Å². The summed E-state index contributed by atoms with van der Waals surface area (Å²) >= 11 is 3.36. The van der Waals surface area contributed by atoms with Crippen molar-refractivity contribution in [1.82, 2.24) is 5.32 Å². The zero-order chi connectivity index (χ0) is 20.4. The molecular formula is C20H24BrN3O4. The van der Waals surface area contributed by atoms with Crippen molar-refractivity contribution in [3.8, 4) is 0 Å². The normalized spacial score (nSPS) is 11.5. The van der Waals surface area contributed by atoms with Gasteiger partial charge in [-0.2, -0.15) is 0 Å². The molecule has 0 aliphatic rings. The number of para-hydroxylation sites is 1. The summed E-state index contributed by atoms with van der Waals surface area (Å²) in [6.07, 6.45) is 2.05. The molecule has 2 aromatic carbocycles. The summed E-state index contributed by atoms with van der Waals surface area (Å²) in [6.45, 7) is 2.75. The van der Waals surface area contributed by atoms with Crippen molar-refractivity contribution in [3.63, 3.8) is 0 Å². The first-order chi connectivity index (χ1) is 13.5. The number of benzene rings is 2. The van der Waals surface area contributed by atoms with Gasteiger partial charge in [0.2, 0.25) is 0 Å². The Morgan fingerprint density at radius 1 is 1.18 bits per heavy atom. The number of hydrogen-bond acceptors (Lipinski definition) is 5. The molecule has 0 unspecified atom stereocenters. The molecule has 2 aromatic rings. The van der Waals surface area contributed by atoms with Crippen molar-refractivity contribution >= 4 is 33.4 Å². The third-order valence-corrected chi connectivity index (χ3v) is 4.79. The first-order valence-corrected chi connectivity index (χ1v) is 9.90. The van der Waals surface area contributed by atoms with Crippen LogP contribution < -0.4 is 10.6 Å². The van der Waals surface area contributed by atoms with Crippen molar-refractivity contribution in [2.45, 2.75) is 38.8 Å². The summed E-state index contributed by atoms with van der Waals surface area (Å²) in [6, 6.07) is 14.5. The van der Waals surface area contributed by atoms with Gasteiger partial charge in [-0.3, -0.25) is 10.1 Å². The van der Waals surface area contributed by atoms with Crippen LogP contribution >= 0.6 is 15.9 Å². The molecule has 7 nitrogen and oxygen atoms in total. The van der Waals surface area contributed by atoms with Crippen LogP contribution in [0.15, 0.2) is 53.0 Å². The van der Waals surface area contributed by atoms with Gasteiger partial charge in [0.15, 0.2) is 0 Å². The minimum atomic E-state index is -0.432. The lowest BCUT2D eigenvalue weighted by Crippen LogP contribution is -2.25. The van der Waals surface area contributed by atoms with Gasteiger partial charge in [0, 0.05) is 23.1 Å². The zero-order valence-corrected chi connectivity index (χ0v) is 17.3. The number of nitro benzene ring substituents is 1. The highest BCUT2D eigenvalue weighted by Gasteiger charge is 2.17. The van der Waals surface area contributed by atoms with Crippen LogP contribution in [-0.2, 0) is 11.3 Å². The molecule has 0 bridgehead atoms. The zero-order valence-electron chi connectivity index (χ0n) is 15.7. The molecule has 0 aliphatic heterocycles. The average molecular weight is 450 g/mol. The van der Waals surface area contributed by atoms with Gasteiger partial charge in [-0.15, -0.1) is 0 Å². The molecule has 1 atom stereocenters. The molecule has 0 saturated heterocycles. The van der Waals surface area contributed by atoms with Gasteiger partial charge >= 0.3 is 6.09 Å². The monoisotopic (exact) mass is 449 g/mol. The topological polar surface area (TPSA) is 93.5 Å². The van der Waals surface area contributed by atoms with E-state index in [1.165, 1.54) is 6.07 Å². The molecule has 2 N–H and O–H groups in total. The van der Waals surface area contributed by atoms with Gasteiger partial charge < -0.3 is 15.4 Å². The Morgan fingerprint density at radius 3 is 2.64 bits per heavy atom. The van der Waals surface area contributed by atoms with E-state index in [4.69, 9.17) is 4.74 Å². The summed E-state index contributed by atoms with van der Waals surface area (Å²) in [5.74, 6) is 0. The molecule has 150 valence electrons. The molecule has 0 aromatic heterocycles. The fourth-order valence-corrected chi connectivity index (χ4v) is 3.14. The van der Waals surface area contributed by atoms with Gasteiger partial charge in [0.1, 0.15) is 12.3 Å². The Morgan fingerprint density at radius 2 is 1.93 bits per heavy atom. The predicted octanol–water partition coefficient (Wildman–Crippen LogP) is 5.25. The van der Waals surface area contributed by atoms with E-state index in [9.17, 15) is 14.9 Å². The van der Waals surface area contributed by atoms with E-state index in [0.717, 1.165) is 24.8 Å². The van der Waals surface area contributed by atoms with Crippen molar-refractivity contribution in [3.05, 3.63) is 68.7 Å². The Hall–Kier alpha value is -2.61. The number of carbonyl (C=O) groups excluding carboxylic acids is 1.